The highest BCUT2D eigenvalue weighted by Crippen LogP contribution is 2.39. The maximum atomic E-state index is 12.4. The molecule has 1 unspecified atom stereocenters. The lowest BCUT2D eigenvalue weighted by Crippen LogP contribution is -2.42. The highest BCUT2D eigenvalue weighted by atomic mass is 16.5. The van der Waals surface area contributed by atoms with Gasteiger partial charge in [0.15, 0.2) is 11.5 Å². The number of hydrogen-bond acceptors (Lipinski definition) is 5. The predicted molar refractivity (Wildman–Crippen MR) is 86.4 cm³/mol. The summed E-state index contributed by atoms with van der Waals surface area (Å²) in [6.45, 7) is 2.65. The van der Waals surface area contributed by atoms with Crippen LogP contribution in [-0.4, -0.2) is 55.9 Å². The van der Waals surface area contributed by atoms with Crippen molar-refractivity contribution in [1.29, 1.82) is 0 Å². The van der Waals surface area contributed by atoms with Crippen LogP contribution in [0.2, 0.25) is 0 Å². The number of fused-ring (bicyclic) bond motifs is 1. The minimum atomic E-state index is -0.961. The summed E-state index contributed by atoms with van der Waals surface area (Å²) in [6.07, 6.45) is 0.462. The fraction of sp³-hybridized carbons (Fsp3) is 0.529. The lowest BCUT2D eigenvalue weighted by atomic mass is 9.90. The molecule has 1 aromatic carbocycles. The second-order valence-electron chi connectivity index (χ2n) is 5.49. The lowest BCUT2D eigenvalue weighted by molar-refractivity contribution is -0.143. The SMILES string of the molecule is CCOCC(=O)N1CCc2cc(OC)c(OC)cc2C1CC(=O)O. The first-order valence-corrected chi connectivity index (χ1v) is 7.85. The summed E-state index contributed by atoms with van der Waals surface area (Å²) in [6, 6.07) is 3.08. The number of benzene rings is 1. The van der Waals surface area contributed by atoms with E-state index < -0.39 is 12.0 Å². The Labute approximate surface area is 141 Å². The van der Waals surface area contributed by atoms with Crippen molar-refractivity contribution in [2.75, 3.05) is 34.0 Å². The van der Waals surface area contributed by atoms with Gasteiger partial charge >= 0.3 is 5.97 Å². The summed E-state index contributed by atoms with van der Waals surface area (Å²) < 4.78 is 15.8. The van der Waals surface area contributed by atoms with E-state index in [2.05, 4.69) is 0 Å². The number of hydrogen-bond donors (Lipinski definition) is 1. The first-order valence-electron chi connectivity index (χ1n) is 7.85. The Hall–Kier alpha value is -2.28. The average molecular weight is 337 g/mol. The van der Waals surface area contributed by atoms with Gasteiger partial charge in [-0.25, -0.2) is 0 Å². The lowest BCUT2D eigenvalue weighted by Gasteiger charge is -2.37. The Bertz CT molecular complexity index is 615. The smallest absolute Gasteiger partial charge is 0.305 e. The van der Waals surface area contributed by atoms with Gasteiger partial charge in [0.2, 0.25) is 5.91 Å². The van der Waals surface area contributed by atoms with Crippen LogP contribution in [0.25, 0.3) is 0 Å². The molecular formula is C17H23NO6. The number of methoxy groups -OCH3 is 2. The number of aliphatic carboxylic acids is 1. The van der Waals surface area contributed by atoms with Crippen molar-refractivity contribution in [2.45, 2.75) is 25.8 Å². The molecule has 0 saturated carbocycles. The third kappa shape index (κ3) is 3.79. The van der Waals surface area contributed by atoms with Crippen LogP contribution in [0.5, 0.6) is 11.5 Å². The van der Waals surface area contributed by atoms with Gasteiger partial charge in [-0.15, -0.1) is 0 Å². The highest BCUT2D eigenvalue weighted by Gasteiger charge is 2.33. The van der Waals surface area contributed by atoms with E-state index in [9.17, 15) is 14.7 Å². The summed E-state index contributed by atoms with van der Waals surface area (Å²) >= 11 is 0. The van der Waals surface area contributed by atoms with Gasteiger partial charge in [0, 0.05) is 13.2 Å². The van der Waals surface area contributed by atoms with E-state index in [4.69, 9.17) is 14.2 Å². The van der Waals surface area contributed by atoms with Gasteiger partial charge in [-0.1, -0.05) is 0 Å². The van der Waals surface area contributed by atoms with Gasteiger partial charge in [-0.3, -0.25) is 9.59 Å². The van der Waals surface area contributed by atoms with Gasteiger partial charge in [0.1, 0.15) is 6.61 Å². The van der Waals surface area contributed by atoms with Crippen LogP contribution in [0.3, 0.4) is 0 Å². The highest BCUT2D eigenvalue weighted by molar-refractivity contribution is 5.79. The fourth-order valence-corrected chi connectivity index (χ4v) is 2.98. The number of nitrogens with zero attached hydrogens (tertiary/aromatic N) is 1. The molecule has 0 spiro atoms. The Morgan fingerprint density at radius 1 is 1.25 bits per heavy atom. The minimum Gasteiger partial charge on any atom is -0.493 e. The van der Waals surface area contributed by atoms with Crippen molar-refractivity contribution >= 4 is 11.9 Å². The maximum Gasteiger partial charge on any atom is 0.305 e. The van der Waals surface area contributed by atoms with E-state index in [1.165, 1.54) is 7.11 Å². The molecule has 1 heterocycles. The summed E-state index contributed by atoms with van der Waals surface area (Å²) in [5.41, 5.74) is 1.76. The third-order valence-electron chi connectivity index (χ3n) is 4.12. The zero-order valence-electron chi connectivity index (χ0n) is 14.2. The van der Waals surface area contributed by atoms with E-state index in [1.807, 2.05) is 13.0 Å². The number of carboxylic acids is 1. The molecule has 0 radical (unpaired) electrons. The molecule has 0 fully saturated rings. The molecule has 0 aromatic heterocycles. The second kappa shape index (κ2) is 8.01. The molecule has 1 atom stereocenters. The van der Waals surface area contributed by atoms with Crippen LogP contribution < -0.4 is 9.47 Å². The monoisotopic (exact) mass is 337 g/mol. The number of carbonyl (C=O) groups excluding carboxylic acids is 1. The molecule has 1 aromatic rings. The van der Waals surface area contributed by atoms with E-state index in [0.29, 0.717) is 31.1 Å². The molecule has 0 aliphatic carbocycles. The first kappa shape index (κ1) is 18.1. The van der Waals surface area contributed by atoms with Crippen molar-refractivity contribution in [2.24, 2.45) is 0 Å². The predicted octanol–water partition coefficient (Wildman–Crippen LogP) is 1.64. The van der Waals surface area contributed by atoms with E-state index in [1.54, 1.807) is 18.1 Å². The molecular weight excluding hydrogens is 314 g/mol. The van der Waals surface area contributed by atoms with Gasteiger partial charge in [-0.05, 0) is 36.6 Å². The summed E-state index contributed by atoms with van der Waals surface area (Å²) in [4.78, 5) is 25.3. The number of carbonyl (C=O) groups is 2. The van der Waals surface area contributed by atoms with Crippen LogP contribution in [0, 0.1) is 0 Å². The van der Waals surface area contributed by atoms with Gasteiger partial charge < -0.3 is 24.2 Å². The summed E-state index contributed by atoms with van der Waals surface area (Å²) in [7, 11) is 3.08. The molecule has 0 bridgehead atoms. The Morgan fingerprint density at radius 2 is 1.92 bits per heavy atom. The normalized spacial score (nSPS) is 16.5. The van der Waals surface area contributed by atoms with Crippen LogP contribution in [0.15, 0.2) is 12.1 Å². The molecule has 1 N–H and O–H groups in total. The van der Waals surface area contributed by atoms with Crippen molar-refractivity contribution in [1.82, 2.24) is 4.90 Å². The summed E-state index contributed by atoms with van der Waals surface area (Å²) in [5.74, 6) is -0.0504. The van der Waals surface area contributed by atoms with Crippen LogP contribution in [0.1, 0.15) is 30.5 Å². The van der Waals surface area contributed by atoms with E-state index in [-0.39, 0.29) is 18.9 Å². The number of carboxylic acid groups (broad SMARTS) is 1. The fourth-order valence-electron chi connectivity index (χ4n) is 2.98. The molecule has 24 heavy (non-hydrogen) atoms. The second-order valence-corrected chi connectivity index (χ2v) is 5.49. The van der Waals surface area contributed by atoms with Crippen LogP contribution in [-0.2, 0) is 20.7 Å². The number of rotatable bonds is 7. The maximum absolute atomic E-state index is 12.4. The Kier molecular flexibility index (Phi) is 6.03. The van der Waals surface area contributed by atoms with Gasteiger partial charge in [-0.2, -0.15) is 0 Å². The van der Waals surface area contributed by atoms with Crippen molar-refractivity contribution in [3.63, 3.8) is 0 Å². The molecule has 0 saturated heterocycles. The van der Waals surface area contributed by atoms with E-state index >= 15 is 0 Å². The molecule has 7 heteroatoms. The van der Waals surface area contributed by atoms with Gasteiger partial charge in [0.05, 0.1) is 26.7 Å². The minimum absolute atomic E-state index is 0.0464. The van der Waals surface area contributed by atoms with Crippen molar-refractivity contribution in [3.8, 4) is 11.5 Å². The van der Waals surface area contributed by atoms with Crippen LogP contribution >= 0.6 is 0 Å². The molecule has 132 valence electrons. The molecule has 2 rings (SSSR count). The zero-order valence-corrected chi connectivity index (χ0v) is 14.2. The standard InChI is InChI=1S/C17H23NO6/c1-4-24-10-16(19)18-6-5-11-7-14(22-2)15(23-3)8-12(11)13(18)9-17(20)21/h7-8,13H,4-6,9-10H2,1-3H3,(H,20,21). The van der Waals surface area contributed by atoms with Gasteiger partial charge in [0.25, 0.3) is 0 Å². The van der Waals surface area contributed by atoms with Crippen molar-refractivity contribution in [3.05, 3.63) is 23.3 Å². The number of amides is 1. The average Bonchev–Trinajstić information content (AvgIpc) is 2.58. The topological polar surface area (TPSA) is 85.3 Å². The largest absolute Gasteiger partial charge is 0.493 e. The molecule has 1 aliphatic heterocycles. The Morgan fingerprint density at radius 3 is 2.50 bits per heavy atom. The quantitative estimate of drug-likeness (QED) is 0.814. The zero-order chi connectivity index (χ0) is 17.7. The number of ether oxygens (including phenoxy) is 3. The van der Waals surface area contributed by atoms with Crippen LogP contribution in [0.4, 0.5) is 0 Å². The summed E-state index contributed by atoms with van der Waals surface area (Å²) in [5, 5.41) is 9.27. The van der Waals surface area contributed by atoms with E-state index in [0.717, 1.165) is 11.1 Å². The third-order valence-corrected chi connectivity index (χ3v) is 4.12. The first-order chi connectivity index (χ1) is 11.5. The Balaban J connectivity index is 2.40. The van der Waals surface area contributed by atoms with Crippen molar-refractivity contribution < 1.29 is 28.9 Å². The molecule has 7 nitrogen and oxygen atoms in total. The molecule has 1 aliphatic rings. The molecule has 1 amide bonds.